The van der Waals surface area contributed by atoms with Gasteiger partial charge < -0.3 is 10.0 Å². The van der Waals surface area contributed by atoms with E-state index in [2.05, 4.69) is 4.72 Å². The van der Waals surface area contributed by atoms with Gasteiger partial charge >= 0.3 is 0 Å². The summed E-state index contributed by atoms with van der Waals surface area (Å²) in [6.45, 7) is 3.89. The van der Waals surface area contributed by atoms with E-state index in [4.69, 9.17) is 11.6 Å². The second-order valence-electron chi connectivity index (χ2n) is 6.69. The van der Waals surface area contributed by atoms with Gasteiger partial charge in [-0.05, 0) is 56.2 Å². The molecule has 1 fully saturated rings. The fourth-order valence-electron chi connectivity index (χ4n) is 3.16. The number of likely N-dealkylation sites (tertiary alicyclic amines) is 1. The van der Waals surface area contributed by atoms with Crippen LogP contribution in [-0.2, 0) is 10.0 Å². The Labute approximate surface area is 163 Å². The van der Waals surface area contributed by atoms with Crippen molar-refractivity contribution >= 4 is 33.2 Å². The Morgan fingerprint density at radius 3 is 2.63 bits per heavy atom. The van der Waals surface area contributed by atoms with Gasteiger partial charge in [-0.1, -0.05) is 23.7 Å². The number of sulfonamides is 1. The summed E-state index contributed by atoms with van der Waals surface area (Å²) in [7, 11) is -3.89. The van der Waals surface area contributed by atoms with E-state index < -0.39 is 16.1 Å². The zero-order valence-electron chi connectivity index (χ0n) is 15.0. The van der Waals surface area contributed by atoms with Gasteiger partial charge in [0.25, 0.3) is 15.9 Å². The fourth-order valence-corrected chi connectivity index (χ4v) is 4.67. The van der Waals surface area contributed by atoms with Crippen molar-refractivity contribution in [3.63, 3.8) is 0 Å². The second kappa shape index (κ2) is 7.50. The van der Waals surface area contributed by atoms with Crippen LogP contribution in [0.1, 0.15) is 29.3 Å². The molecule has 144 valence electrons. The quantitative estimate of drug-likeness (QED) is 0.814. The zero-order valence-corrected chi connectivity index (χ0v) is 16.6. The lowest BCUT2D eigenvalue weighted by Crippen LogP contribution is -2.37. The average Bonchev–Trinajstić information content (AvgIpc) is 2.93. The summed E-state index contributed by atoms with van der Waals surface area (Å²) in [5.41, 5.74) is 1.14. The molecule has 27 heavy (non-hydrogen) atoms. The first-order chi connectivity index (χ1) is 12.7. The molecule has 2 aromatic carbocycles. The van der Waals surface area contributed by atoms with Crippen LogP contribution in [0.5, 0.6) is 0 Å². The van der Waals surface area contributed by atoms with Gasteiger partial charge in [0.1, 0.15) is 0 Å². The molecule has 0 saturated carbocycles. The number of rotatable bonds is 4. The van der Waals surface area contributed by atoms with Gasteiger partial charge in [0.2, 0.25) is 0 Å². The van der Waals surface area contributed by atoms with E-state index in [1.807, 2.05) is 0 Å². The van der Waals surface area contributed by atoms with E-state index in [-0.39, 0.29) is 22.4 Å². The number of halogens is 1. The predicted octanol–water partition coefficient (Wildman–Crippen LogP) is 3.04. The van der Waals surface area contributed by atoms with E-state index >= 15 is 0 Å². The van der Waals surface area contributed by atoms with Crippen LogP contribution in [0.15, 0.2) is 47.4 Å². The third-order valence-electron chi connectivity index (χ3n) is 4.78. The molecular formula is C19H21ClN2O4S. The Morgan fingerprint density at radius 1 is 1.26 bits per heavy atom. The molecule has 2 N–H and O–H groups in total. The van der Waals surface area contributed by atoms with Crippen molar-refractivity contribution in [2.45, 2.75) is 37.3 Å². The van der Waals surface area contributed by atoms with Crippen molar-refractivity contribution in [3.05, 3.63) is 58.6 Å². The minimum atomic E-state index is -3.89. The number of nitrogens with zero attached hydrogens (tertiary/aromatic N) is 1. The highest BCUT2D eigenvalue weighted by molar-refractivity contribution is 7.92. The standard InChI is InChI=1S/C19H21ClN2O4S/c1-12-6-7-14(19(24)22-9-8-17(23)13(22)2)10-18(12)27(25,26)21-16-5-3-4-15(20)11-16/h3-7,10-11,13,17,21,23H,8-9H2,1-2H3/t13-,17-/m1/s1. The van der Waals surface area contributed by atoms with Crippen LogP contribution < -0.4 is 4.72 Å². The number of carbonyl (C=O) groups is 1. The van der Waals surface area contributed by atoms with Gasteiger partial charge in [-0.25, -0.2) is 8.42 Å². The summed E-state index contributed by atoms with van der Waals surface area (Å²) in [6, 6.07) is 10.7. The number of amides is 1. The highest BCUT2D eigenvalue weighted by atomic mass is 35.5. The molecule has 0 spiro atoms. The predicted molar refractivity (Wildman–Crippen MR) is 105 cm³/mol. The number of nitrogens with one attached hydrogen (secondary N) is 1. The largest absolute Gasteiger partial charge is 0.391 e. The monoisotopic (exact) mass is 408 g/mol. The Kier molecular flexibility index (Phi) is 5.46. The number of carbonyl (C=O) groups excluding carboxylic acids is 1. The minimum Gasteiger partial charge on any atom is -0.391 e. The van der Waals surface area contributed by atoms with Crippen molar-refractivity contribution < 1.29 is 18.3 Å². The van der Waals surface area contributed by atoms with E-state index in [0.29, 0.717) is 29.2 Å². The average molecular weight is 409 g/mol. The number of aliphatic hydroxyl groups is 1. The van der Waals surface area contributed by atoms with Crippen LogP contribution >= 0.6 is 11.6 Å². The van der Waals surface area contributed by atoms with Crippen LogP contribution in [0.2, 0.25) is 5.02 Å². The van der Waals surface area contributed by atoms with Gasteiger partial charge in [0.15, 0.2) is 0 Å². The van der Waals surface area contributed by atoms with Crippen LogP contribution in [0.3, 0.4) is 0 Å². The van der Waals surface area contributed by atoms with Crippen molar-refractivity contribution in [1.82, 2.24) is 4.90 Å². The summed E-state index contributed by atoms with van der Waals surface area (Å²) in [6.07, 6.45) is -0.0487. The Balaban J connectivity index is 1.92. The van der Waals surface area contributed by atoms with Crippen LogP contribution in [0.4, 0.5) is 5.69 Å². The number of aryl methyl sites for hydroxylation is 1. The number of benzene rings is 2. The van der Waals surface area contributed by atoms with Crippen LogP contribution in [-0.4, -0.2) is 43.0 Å². The highest BCUT2D eigenvalue weighted by Gasteiger charge is 2.33. The lowest BCUT2D eigenvalue weighted by atomic mass is 10.1. The van der Waals surface area contributed by atoms with Gasteiger partial charge in [-0.2, -0.15) is 0 Å². The molecule has 8 heteroatoms. The Bertz CT molecular complexity index is 977. The molecule has 6 nitrogen and oxygen atoms in total. The second-order valence-corrected chi connectivity index (χ2v) is 8.78. The van der Waals surface area contributed by atoms with Gasteiger partial charge in [-0.15, -0.1) is 0 Å². The number of anilines is 1. The molecule has 2 atom stereocenters. The van der Waals surface area contributed by atoms with Crippen LogP contribution in [0.25, 0.3) is 0 Å². The maximum absolute atomic E-state index is 12.8. The fraction of sp³-hybridized carbons (Fsp3) is 0.316. The molecular weight excluding hydrogens is 388 g/mol. The Hall–Kier alpha value is -2.09. The smallest absolute Gasteiger partial charge is 0.262 e. The first-order valence-electron chi connectivity index (χ1n) is 8.57. The zero-order chi connectivity index (χ0) is 19.8. The first-order valence-corrected chi connectivity index (χ1v) is 10.4. The number of hydrogen-bond acceptors (Lipinski definition) is 4. The highest BCUT2D eigenvalue weighted by Crippen LogP contribution is 2.25. The van der Waals surface area contributed by atoms with Crippen molar-refractivity contribution in [3.8, 4) is 0 Å². The molecule has 2 aromatic rings. The SMILES string of the molecule is Cc1ccc(C(=O)N2CC[C@@H](O)[C@H]2C)cc1S(=O)(=O)Nc1cccc(Cl)c1. The summed E-state index contributed by atoms with van der Waals surface area (Å²) < 4.78 is 28.1. The van der Waals surface area contributed by atoms with Crippen molar-refractivity contribution in [1.29, 1.82) is 0 Å². The molecule has 1 saturated heterocycles. The molecule has 0 radical (unpaired) electrons. The molecule has 0 unspecified atom stereocenters. The van der Waals surface area contributed by atoms with Gasteiger partial charge in [0.05, 0.1) is 22.7 Å². The van der Waals surface area contributed by atoms with E-state index in [0.717, 1.165) is 0 Å². The minimum absolute atomic E-state index is 0.0284. The topological polar surface area (TPSA) is 86.7 Å². The molecule has 0 aliphatic carbocycles. The first kappa shape index (κ1) is 19.7. The van der Waals surface area contributed by atoms with E-state index in [1.165, 1.54) is 12.1 Å². The molecule has 1 heterocycles. The third kappa shape index (κ3) is 4.10. The van der Waals surface area contributed by atoms with Crippen molar-refractivity contribution in [2.24, 2.45) is 0 Å². The molecule has 1 aliphatic heterocycles. The van der Waals surface area contributed by atoms with Crippen LogP contribution in [0, 0.1) is 6.92 Å². The van der Waals surface area contributed by atoms with Gasteiger partial charge in [-0.3, -0.25) is 9.52 Å². The molecule has 1 aliphatic rings. The third-order valence-corrected chi connectivity index (χ3v) is 6.53. The molecule has 3 rings (SSSR count). The lowest BCUT2D eigenvalue weighted by Gasteiger charge is -2.23. The van der Waals surface area contributed by atoms with E-state index in [9.17, 15) is 18.3 Å². The summed E-state index contributed by atoms with van der Waals surface area (Å²) in [5, 5.41) is 10.3. The van der Waals surface area contributed by atoms with Crippen molar-refractivity contribution in [2.75, 3.05) is 11.3 Å². The van der Waals surface area contributed by atoms with E-state index in [1.54, 1.807) is 49.1 Å². The normalized spacial score (nSPS) is 19.9. The maximum atomic E-state index is 12.8. The Morgan fingerprint density at radius 2 is 2.00 bits per heavy atom. The summed E-state index contributed by atoms with van der Waals surface area (Å²) in [5.74, 6) is -0.293. The summed E-state index contributed by atoms with van der Waals surface area (Å²) >= 11 is 5.91. The number of aliphatic hydroxyl groups excluding tert-OH is 1. The lowest BCUT2D eigenvalue weighted by molar-refractivity contribution is 0.0667. The molecule has 0 aromatic heterocycles. The molecule has 0 bridgehead atoms. The molecule has 1 amide bonds. The summed E-state index contributed by atoms with van der Waals surface area (Å²) in [4.78, 5) is 14.4. The number of hydrogen-bond donors (Lipinski definition) is 2. The maximum Gasteiger partial charge on any atom is 0.262 e. The van der Waals surface area contributed by atoms with Gasteiger partial charge in [0, 0.05) is 17.1 Å².